The molecule has 0 saturated heterocycles. The van der Waals surface area contributed by atoms with E-state index in [1.807, 2.05) is 24.3 Å². The number of carbonyl (C=O) groups excluding carboxylic acids is 2. The first kappa shape index (κ1) is 25.6. The number of halogens is 2. The molecule has 0 atom stereocenters. The quantitative estimate of drug-likeness (QED) is 0.284. The highest BCUT2D eigenvalue weighted by atomic mass is 35.5. The van der Waals surface area contributed by atoms with Crippen molar-refractivity contribution in [2.24, 2.45) is 0 Å². The number of para-hydroxylation sites is 1. The summed E-state index contributed by atoms with van der Waals surface area (Å²) in [6.07, 6.45) is 0.753. The van der Waals surface area contributed by atoms with E-state index in [4.69, 9.17) is 32.9 Å². The predicted octanol–water partition coefficient (Wildman–Crippen LogP) is 6.23. The zero-order valence-electron chi connectivity index (χ0n) is 20.3. The number of thiazole rings is 1. The van der Waals surface area contributed by atoms with E-state index in [-0.39, 0.29) is 0 Å². The first-order chi connectivity index (χ1) is 17.8. The van der Waals surface area contributed by atoms with Gasteiger partial charge in [0.05, 0.1) is 21.8 Å². The van der Waals surface area contributed by atoms with Crippen LogP contribution in [0.3, 0.4) is 0 Å². The van der Waals surface area contributed by atoms with Gasteiger partial charge in [-0.25, -0.2) is 9.78 Å². The van der Waals surface area contributed by atoms with Gasteiger partial charge in [0.1, 0.15) is 0 Å². The number of fused-ring (bicyclic) bond motifs is 2. The second-order valence-corrected chi connectivity index (χ2v) is 10.7. The van der Waals surface area contributed by atoms with Crippen LogP contribution >= 0.6 is 34.5 Å². The Kier molecular flexibility index (Phi) is 7.44. The lowest BCUT2D eigenvalue weighted by molar-refractivity contribution is -0.119. The number of rotatable bonds is 6. The van der Waals surface area contributed by atoms with Crippen molar-refractivity contribution >= 4 is 62.4 Å². The summed E-state index contributed by atoms with van der Waals surface area (Å²) in [6, 6.07) is 13.0. The summed E-state index contributed by atoms with van der Waals surface area (Å²) in [5.74, 6) is -1.02. The third-order valence-corrected chi connectivity index (χ3v) is 7.61. The third-order valence-electron chi connectivity index (χ3n) is 6.30. The van der Waals surface area contributed by atoms with Crippen LogP contribution < -0.4 is 5.32 Å². The average molecular weight is 555 g/mol. The fourth-order valence-electron chi connectivity index (χ4n) is 4.40. The first-order valence-electron chi connectivity index (χ1n) is 11.8. The smallest absolute Gasteiger partial charge is 0.339 e. The molecule has 1 N–H and O–H groups in total. The van der Waals surface area contributed by atoms with Crippen LogP contribution in [-0.4, -0.2) is 45.9 Å². The Hall–Kier alpha value is -3.04. The zero-order chi connectivity index (χ0) is 26.1. The molecule has 0 bridgehead atoms. The molecular weight excluding hydrogens is 531 g/mol. The van der Waals surface area contributed by atoms with E-state index in [2.05, 4.69) is 29.0 Å². The predicted molar refractivity (Wildman–Crippen MR) is 147 cm³/mol. The largest absolute Gasteiger partial charge is 0.452 e. The lowest BCUT2D eigenvalue weighted by Gasteiger charge is -2.32. The Balaban J connectivity index is 1.31. The van der Waals surface area contributed by atoms with Crippen LogP contribution in [0.25, 0.3) is 22.2 Å². The van der Waals surface area contributed by atoms with Gasteiger partial charge in [-0.3, -0.25) is 20.0 Å². The molecular formula is C27H24Cl2N4O3S. The van der Waals surface area contributed by atoms with Crippen LogP contribution in [0.5, 0.6) is 0 Å². The first-order valence-corrected chi connectivity index (χ1v) is 13.5. The van der Waals surface area contributed by atoms with Crippen LogP contribution in [-0.2, 0) is 22.5 Å². The van der Waals surface area contributed by atoms with E-state index >= 15 is 0 Å². The Bertz CT molecular complexity index is 1500. The Labute approximate surface area is 228 Å². The van der Waals surface area contributed by atoms with Gasteiger partial charge < -0.3 is 4.74 Å². The molecule has 2 aromatic heterocycles. The summed E-state index contributed by atoms with van der Waals surface area (Å²) in [7, 11) is 0. The summed E-state index contributed by atoms with van der Waals surface area (Å²) in [5, 5.41) is 6.57. The highest BCUT2D eigenvalue weighted by molar-refractivity contribution is 7.14. The molecule has 4 aromatic rings. The maximum Gasteiger partial charge on any atom is 0.339 e. The Morgan fingerprint density at radius 2 is 1.97 bits per heavy atom. The van der Waals surface area contributed by atoms with Gasteiger partial charge in [0.25, 0.3) is 5.91 Å². The number of nitrogens with zero attached hydrogens (tertiary/aromatic N) is 3. The van der Waals surface area contributed by atoms with E-state index in [1.54, 1.807) is 23.6 Å². The summed E-state index contributed by atoms with van der Waals surface area (Å²) >= 11 is 13.5. The number of aromatic nitrogens is 2. The average Bonchev–Trinajstić information content (AvgIpc) is 3.33. The van der Waals surface area contributed by atoms with Crippen molar-refractivity contribution in [2.75, 3.05) is 18.5 Å². The van der Waals surface area contributed by atoms with E-state index in [9.17, 15) is 9.59 Å². The van der Waals surface area contributed by atoms with Crippen molar-refractivity contribution in [3.8, 4) is 11.3 Å². The van der Waals surface area contributed by atoms with Crippen LogP contribution in [0.4, 0.5) is 5.13 Å². The SMILES string of the molecule is CC(C)N1CCc2nc3ccccc3c(C(=O)OCC(=O)Nc3nc(-c4ccc(Cl)cc4Cl)cs3)c2C1. The molecule has 2 aromatic carbocycles. The second-order valence-electron chi connectivity index (χ2n) is 9.03. The molecule has 190 valence electrons. The minimum atomic E-state index is -0.539. The molecule has 3 heterocycles. The molecule has 10 heteroatoms. The van der Waals surface area contributed by atoms with Crippen LogP contribution in [0.2, 0.25) is 10.0 Å². The minimum absolute atomic E-state index is 0.334. The van der Waals surface area contributed by atoms with E-state index in [1.165, 1.54) is 11.3 Å². The summed E-state index contributed by atoms with van der Waals surface area (Å²) < 4.78 is 5.50. The third kappa shape index (κ3) is 5.48. The molecule has 1 amide bonds. The summed E-state index contributed by atoms with van der Waals surface area (Å²) in [6.45, 7) is 5.31. The number of hydrogen-bond donors (Lipinski definition) is 1. The van der Waals surface area contributed by atoms with Crippen LogP contribution in [0.1, 0.15) is 35.5 Å². The van der Waals surface area contributed by atoms with Gasteiger partial charge in [0.2, 0.25) is 0 Å². The van der Waals surface area contributed by atoms with Crippen molar-refractivity contribution in [3.63, 3.8) is 0 Å². The monoisotopic (exact) mass is 554 g/mol. The number of ether oxygens (including phenoxy) is 1. The normalized spacial score (nSPS) is 13.5. The lowest BCUT2D eigenvalue weighted by atomic mass is 9.95. The molecule has 0 fully saturated rings. The number of benzene rings is 2. The zero-order valence-corrected chi connectivity index (χ0v) is 22.6. The van der Waals surface area contributed by atoms with Crippen molar-refractivity contribution in [1.82, 2.24) is 14.9 Å². The molecule has 7 nitrogen and oxygen atoms in total. The molecule has 0 unspecified atom stereocenters. The van der Waals surface area contributed by atoms with Crippen LogP contribution in [0.15, 0.2) is 47.8 Å². The minimum Gasteiger partial charge on any atom is -0.452 e. The topological polar surface area (TPSA) is 84.4 Å². The van der Waals surface area contributed by atoms with Crippen molar-refractivity contribution in [2.45, 2.75) is 32.9 Å². The van der Waals surface area contributed by atoms with Gasteiger partial charge in [-0.2, -0.15) is 0 Å². The number of esters is 1. The maximum atomic E-state index is 13.3. The van der Waals surface area contributed by atoms with E-state index in [0.717, 1.165) is 35.1 Å². The Morgan fingerprint density at radius 3 is 2.76 bits per heavy atom. The fraction of sp³-hybridized carbons (Fsp3) is 0.259. The highest BCUT2D eigenvalue weighted by Crippen LogP contribution is 2.33. The van der Waals surface area contributed by atoms with Gasteiger partial charge in [0.15, 0.2) is 11.7 Å². The van der Waals surface area contributed by atoms with E-state index in [0.29, 0.717) is 44.6 Å². The molecule has 1 aliphatic rings. The lowest BCUT2D eigenvalue weighted by Crippen LogP contribution is -2.37. The van der Waals surface area contributed by atoms with Crippen LogP contribution in [0, 0.1) is 0 Å². The number of carbonyl (C=O) groups is 2. The molecule has 0 radical (unpaired) electrons. The maximum absolute atomic E-state index is 13.3. The number of nitrogens with one attached hydrogen (secondary N) is 1. The fourth-order valence-corrected chi connectivity index (χ4v) is 5.63. The summed E-state index contributed by atoms with van der Waals surface area (Å²) in [4.78, 5) is 37.5. The van der Waals surface area contributed by atoms with Gasteiger partial charge in [0, 0.05) is 58.2 Å². The number of amides is 1. The number of pyridine rings is 1. The Morgan fingerprint density at radius 1 is 1.16 bits per heavy atom. The van der Waals surface area contributed by atoms with Crippen molar-refractivity contribution in [3.05, 3.63) is 74.7 Å². The molecule has 5 rings (SSSR count). The van der Waals surface area contributed by atoms with Crippen molar-refractivity contribution < 1.29 is 14.3 Å². The number of anilines is 1. The van der Waals surface area contributed by atoms with Gasteiger partial charge in [-0.1, -0.05) is 41.4 Å². The molecule has 0 spiro atoms. The molecule has 37 heavy (non-hydrogen) atoms. The molecule has 1 aliphatic heterocycles. The molecule has 0 aliphatic carbocycles. The standard InChI is InChI=1S/C27H24Cl2N4O3S/c1-15(2)33-10-9-22-19(12-33)25(18-5-3-4-6-21(18)30-22)26(35)36-13-24(34)32-27-31-23(14-37-27)17-8-7-16(28)11-20(17)29/h3-8,11,14-15H,9-10,12-13H2,1-2H3,(H,31,32,34). The summed E-state index contributed by atoms with van der Waals surface area (Å²) in [5.41, 5.74) is 4.32. The van der Waals surface area contributed by atoms with Gasteiger partial charge in [-0.15, -0.1) is 11.3 Å². The van der Waals surface area contributed by atoms with Gasteiger partial charge >= 0.3 is 5.97 Å². The highest BCUT2D eigenvalue weighted by Gasteiger charge is 2.28. The van der Waals surface area contributed by atoms with E-state index < -0.39 is 18.5 Å². The molecule has 0 saturated carbocycles. The number of hydrogen-bond acceptors (Lipinski definition) is 7. The van der Waals surface area contributed by atoms with Gasteiger partial charge in [-0.05, 0) is 38.1 Å². The van der Waals surface area contributed by atoms with Crippen molar-refractivity contribution in [1.29, 1.82) is 0 Å². The second kappa shape index (κ2) is 10.8.